The number of carbonyl (C=O) groups is 4. The average molecular weight is 816 g/mol. The number of halogens is 3. The van der Waals surface area contributed by atoms with Crippen LogP contribution in [0.2, 0.25) is 5.02 Å². The van der Waals surface area contributed by atoms with Crippen molar-refractivity contribution in [2.24, 2.45) is 13.0 Å². The zero-order valence-corrected chi connectivity index (χ0v) is 33.7. The number of anilines is 1. The summed E-state index contributed by atoms with van der Waals surface area (Å²) in [6, 6.07) is 7.43. The van der Waals surface area contributed by atoms with E-state index in [1.54, 1.807) is 40.8 Å². The van der Waals surface area contributed by atoms with E-state index in [1.165, 1.54) is 54.1 Å². The molecule has 1 saturated heterocycles. The fourth-order valence-corrected chi connectivity index (χ4v) is 6.77. The molecule has 2 aromatic carbocycles. The summed E-state index contributed by atoms with van der Waals surface area (Å²) in [6.07, 6.45) is 3.89. The second kappa shape index (κ2) is 20.8. The highest BCUT2D eigenvalue weighted by Crippen LogP contribution is 2.33. The van der Waals surface area contributed by atoms with Gasteiger partial charge >= 0.3 is 0 Å². The monoisotopic (exact) mass is 815 g/mol. The SMILES string of the molecule is COC=O.COCCn1cc(-c2ccc(-c3cnc(C(=O)Nc4ccc(C(=O)N5CCN(C(=O)CCC(CO)C[NH+](C)C)CC5)c(Cl)c4)n3C)c(F)c2F)c(C)n1. The van der Waals surface area contributed by atoms with Crippen molar-refractivity contribution in [2.45, 2.75) is 26.3 Å². The maximum Gasteiger partial charge on any atom is 0.292 e. The van der Waals surface area contributed by atoms with Crippen LogP contribution in [-0.2, 0) is 32.7 Å². The Morgan fingerprint density at radius 1 is 1.04 bits per heavy atom. The van der Waals surface area contributed by atoms with Gasteiger partial charge in [-0.3, -0.25) is 23.9 Å². The van der Waals surface area contributed by atoms with Gasteiger partial charge in [0.25, 0.3) is 18.3 Å². The molecule has 18 heteroatoms. The normalized spacial score (nSPS) is 13.2. The van der Waals surface area contributed by atoms with Crippen molar-refractivity contribution in [1.82, 2.24) is 29.1 Å². The molecule has 1 atom stereocenters. The predicted molar refractivity (Wildman–Crippen MR) is 209 cm³/mol. The van der Waals surface area contributed by atoms with Crippen LogP contribution < -0.4 is 10.2 Å². The van der Waals surface area contributed by atoms with Crippen LogP contribution in [-0.4, -0.2) is 133 Å². The highest BCUT2D eigenvalue weighted by molar-refractivity contribution is 6.34. The first-order valence-electron chi connectivity index (χ1n) is 18.3. The third kappa shape index (κ3) is 11.2. The lowest BCUT2D eigenvalue weighted by Gasteiger charge is -2.35. The molecule has 1 aliphatic rings. The number of rotatable bonds is 15. The van der Waals surface area contributed by atoms with Gasteiger partial charge in [0, 0.05) is 81.2 Å². The number of nitrogens with one attached hydrogen (secondary N) is 2. The maximum atomic E-state index is 15.5. The minimum absolute atomic E-state index is 0.00556. The molecule has 1 unspecified atom stereocenters. The zero-order chi connectivity index (χ0) is 41.8. The van der Waals surface area contributed by atoms with Crippen molar-refractivity contribution >= 4 is 41.5 Å². The Morgan fingerprint density at radius 3 is 2.30 bits per heavy atom. The van der Waals surface area contributed by atoms with Gasteiger partial charge in [0.2, 0.25) is 5.91 Å². The fourth-order valence-electron chi connectivity index (χ4n) is 6.51. The summed E-state index contributed by atoms with van der Waals surface area (Å²) >= 11 is 6.52. The largest absolute Gasteiger partial charge is 0.471 e. The Morgan fingerprint density at radius 2 is 1.68 bits per heavy atom. The standard InChI is InChI=1S/C37H45ClF2N8O5.C2H4O2/c1-23-29(21-48(43-23)16-17-53-5)26-9-10-28(34(40)33(26)39)31-19-41-35(45(31)4)36(51)42-25-7-8-27(30(38)18-25)37(52)47-14-12-46(13-15-47)32(50)11-6-24(22-49)20-44(2)3;1-4-2-3/h7-10,18-19,21,24,49H,6,11-17,20,22H2,1-5H3,(H,42,51);2H,1H3/p+1. The Hall–Kier alpha value is -5.23. The number of aromatic nitrogens is 4. The molecule has 308 valence electrons. The lowest BCUT2D eigenvalue weighted by molar-refractivity contribution is -0.862. The topological polar surface area (TPSA) is 166 Å². The van der Waals surface area contributed by atoms with E-state index in [0.717, 1.165) is 6.54 Å². The third-order valence-electron chi connectivity index (χ3n) is 9.51. The first-order chi connectivity index (χ1) is 27.2. The lowest BCUT2D eigenvalue weighted by Crippen LogP contribution is -3.06. The van der Waals surface area contributed by atoms with Gasteiger partial charge < -0.3 is 39.2 Å². The van der Waals surface area contributed by atoms with E-state index >= 15 is 8.78 Å². The Labute approximate surface area is 335 Å². The molecule has 2 aromatic heterocycles. The van der Waals surface area contributed by atoms with Crippen LogP contribution >= 0.6 is 11.6 Å². The number of piperazine rings is 1. The molecule has 0 bridgehead atoms. The highest BCUT2D eigenvalue weighted by Gasteiger charge is 2.27. The fraction of sp³-hybridized carbons (Fsp3) is 0.436. The number of quaternary nitrogens is 1. The summed E-state index contributed by atoms with van der Waals surface area (Å²) in [5.74, 6) is -3.06. The molecule has 5 rings (SSSR count). The molecular formula is C39H50ClF2N8O7+. The van der Waals surface area contributed by atoms with Gasteiger partial charge in [0.15, 0.2) is 17.5 Å². The first-order valence-corrected chi connectivity index (χ1v) is 18.7. The van der Waals surface area contributed by atoms with Crippen molar-refractivity contribution in [1.29, 1.82) is 0 Å². The summed E-state index contributed by atoms with van der Waals surface area (Å²) < 4.78 is 42.9. The van der Waals surface area contributed by atoms with Crippen LogP contribution in [0.1, 0.15) is 39.5 Å². The van der Waals surface area contributed by atoms with Gasteiger partial charge in [-0.2, -0.15) is 5.10 Å². The van der Waals surface area contributed by atoms with Crippen molar-refractivity contribution in [3.63, 3.8) is 0 Å². The molecule has 0 aliphatic carbocycles. The number of imidazole rings is 1. The van der Waals surface area contributed by atoms with Crippen LogP contribution in [0.3, 0.4) is 0 Å². The number of hydrogen-bond donors (Lipinski definition) is 3. The van der Waals surface area contributed by atoms with E-state index in [9.17, 15) is 19.5 Å². The number of aliphatic hydroxyl groups is 1. The first kappa shape index (κ1) is 44.5. The Balaban J connectivity index is 0.00000172. The highest BCUT2D eigenvalue weighted by atomic mass is 35.5. The van der Waals surface area contributed by atoms with Crippen molar-refractivity contribution in [2.75, 3.05) is 79.6 Å². The molecule has 0 spiro atoms. The van der Waals surface area contributed by atoms with Gasteiger partial charge in [0.1, 0.15) is 0 Å². The van der Waals surface area contributed by atoms with E-state index in [0.29, 0.717) is 75.6 Å². The van der Waals surface area contributed by atoms with Gasteiger partial charge in [-0.1, -0.05) is 17.7 Å². The number of amides is 3. The number of methoxy groups -OCH3 is 2. The molecule has 3 heterocycles. The summed E-state index contributed by atoms with van der Waals surface area (Å²) in [5, 5.41) is 16.8. The summed E-state index contributed by atoms with van der Waals surface area (Å²) in [5.41, 5.74) is 1.72. The van der Waals surface area contributed by atoms with Crippen molar-refractivity contribution in [3.8, 4) is 22.4 Å². The van der Waals surface area contributed by atoms with Crippen LogP contribution in [0, 0.1) is 24.5 Å². The van der Waals surface area contributed by atoms with E-state index < -0.39 is 17.5 Å². The lowest BCUT2D eigenvalue weighted by atomic mass is 10.0. The molecule has 3 N–H and O–H groups in total. The van der Waals surface area contributed by atoms with Crippen LogP contribution in [0.15, 0.2) is 42.7 Å². The van der Waals surface area contributed by atoms with E-state index in [-0.39, 0.29) is 57.6 Å². The number of aryl methyl sites for hydroxylation is 1. The molecule has 15 nitrogen and oxygen atoms in total. The molecule has 3 amide bonds. The van der Waals surface area contributed by atoms with Gasteiger partial charge in [0.05, 0.1) is 75.7 Å². The number of hydrogen-bond acceptors (Lipinski definition) is 9. The van der Waals surface area contributed by atoms with Crippen LogP contribution in [0.4, 0.5) is 14.5 Å². The number of benzene rings is 2. The van der Waals surface area contributed by atoms with E-state index in [2.05, 4.69) is 20.1 Å². The smallest absolute Gasteiger partial charge is 0.292 e. The number of nitrogens with zero attached hydrogens (tertiary/aromatic N) is 6. The number of aliphatic hydroxyl groups excluding tert-OH is 1. The summed E-state index contributed by atoms with van der Waals surface area (Å²) in [4.78, 5) is 57.1. The van der Waals surface area contributed by atoms with Gasteiger partial charge in [-0.15, -0.1) is 0 Å². The number of carbonyl (C=O) groups excluding carboxylic acids is 4. The quantitative estimate of drug-likeness (QED) is 0.153. The Kier molecular flexibility index (Phi) is 16.2. The second-order valence-corrected chi connectivity index (χ2v) is 14.3. The molecular weight excluding hydrogens is 766 g/mol. The molecule has 1 aliphatic heterocycles. The number of ether oxygens (including phenoxy) is 2. The Bertz CT molecular complexity index is 2030. The molecule has 0 radical (unpaired) electrons. The third-order valence-corrected chi connectivity index (χ3v) is 9.82. The maximum absolute atomic E-state index is 15.5. The minimum atomic E-state index is -1.09. The minimum Gasteiger partial charge on any atom is -0.471 e. The zero-order valence-electron chi connectivity index (χ0n) is 33.0. The van der Waals surface area contributed by atoms with E-state index in [1.807, 2.05) is 14.1 Å². The molecule has 4 aromatic rings. The molecule has 57 heavy (non-hydrogen) atoms. The van der Waals surface area contributed by atoms with Crippen molar-refractivity contribution < 1.29 is 47.4 Å². The van der Waals surface area contributed by atoms with E-state index in [4.69, 9.17) is 21.1 Å². The van der Waals surface area contributed by atoms with Crippen molar-refractivity contribution in [3.05, 3.63) is 76.5 Å². The van der Waals surface area contributed by atoms with Gasteiger partial charge in [-0.25, -0.2) is 13.8 Å². The molecule has 0 saturated carbocycles. The predicted octanol–water partition coefficient (Wildman–Crippen LogP) is 2.70. The van der Waals surface area contributed by atoms with Crippen LogP contribution in [0.25, 0.3) is 22.4 Å². The summed E-state index contributed by atoms with van der Waals surface area (Å²) in [6.45, 7) is 5.27. The summed E-state index contributed by atoms with van der Waals surface area (Å²) in [7, 11) is 8.42. The average Bonchev–Trinajstić information content (AvgIpc) is 3.77. The molecule has 1 fully saturated rings. The second-order valence-electron chi connectivity index (χ2n) is 13.9. The van der Waals surface area contributed by atoms with Crippen LogP contribution in [0.5, 0.6) is 0 Å². The van der Waals surface area contributed by atoms with Gasteiger partial charge in [-0.05, 0) is 37.6 Å².